The summed E-state index contributed by atoms with van der Waals surface area (Å²) in [6, 6.07) is 13.3. The van der Waals surface area contributed by atoms with Gasteiger partial charge < -0.3 is 15.1 Å². The van der Waals surface area contributed by atoms with Crippen LogP contribution in [0.4, 0.5) is 0 Å². The van der Waals surface area contributed by atoms with Gasteiger partial charge in [-0.05, 0) is 25.5 Å². The summed E-state index contributed by atoms with van der Waals surface area (Å²) < 4.78 is 7.10. The van der Waals surface area contributed by atoms with Crippen LogP contribution in [-0.2, 0) is 4.79 Å². The van der Waals surface area contributed by atoms with Gasteiger partial charge in [-0.25, -0.2) is 0 Å². The fourth-order valence-corrected chi connectivity index (χ4v) is 3.66. The number of hydrogen-bond donors (Lipinski definition) is 2. The Morgan fingerprint density at radius 2 is 1.87 bits per heavy atom. The van der Waals surface area contributed by atoms with Crippen molar-refractivity contribution >= 4 is 23.6 Å². The molecule has 1 atom stereocenters. The molecule has 0 fully saturated rings. The molecule has 0 aliphatic heterocycles. The van der Waals surface area contributed by atoms with Gasteiger partial charge in [-0.3, -0.25) is 14.2 Å². The van der Waals surface area contributed by atoms with Crippen molar-refractivity contribution < 1.29 is 14.0 Å². The maximum absolute atomic E-state index is 12.2. The monoisotopic (exact) mass is 427 g/mol. The summed E-state index contributed by atoms with van der Waals surface area (Å²) in [5.74, 6) is 0.824. The molecule has 1 aromatic carbocycles. The first-order valence-corrected chi connectivity index (χ1v) is 10.8. The van der Waals surface area contributed by atoms with E-state index in [9.17, 15) is 9.59 Å². The van der Waals surface area contributed by atoms with Crippen molar-refractivity contribution in [1.82, 2.24) is 25.4 Å². The molecule has 0 bridgehead atoms. The van der Waals surface area contributed by atoms with Crippen molar-refractivity contribution in [3.05, 3.63) is 54.5 Å². The number of carbonyl (C=O) groups is 2. The van der Waals surface area contributed by atoms with Gasteiger partial charge in [-0.2, -0.15) is 0 Å². The maximum atomic E-state index is 12.2. The van der Waals surface area contributed by atoms with Crippen LogP contribution in [0.5, 0.6) is 0 Å². The third-order valence-electron chi connectivity index (χ3n) is 4.54. The Labute approximate surface area is 179 Å². The molecule has 1 unspecified atom stereocenters. The molecule has 0 saturated heterocycles. The van der Waals surface area contributed by atoms with E-state index in [4.69, 9.17) is 4.42 Å². The van der Waals surface area contributed by atoms with E-state index < -0.39 is 0 Å². The van der Waals surface area contributed by atoms with Gasteiger partial charge >= 0.3 is 0 Å². The molecule has 30 heavy (non-hydrogen) atoms. The molecule has 2 aromatic heterocycles. The molecular weight excluding hydrogens is 402 g/mol. The molecular formula is C21H25N5O3S. The van der Waals surface area contributed by atoms with Gasteiger partial charge in [0.25, 0.3) is 5.91 Å². The van der Waals surface area contributed by atoms with Gasteiger partial charge in [0.1, 0.15) is 0 Å². The highest BCUT2D eigenvalue weighted by atomic mass is 32.2. The standard InChI is InChI=1S/C21H25N5O3S/c1-3-15(2)26-19(16-8-5-4-6-9-16)24-25-21(26)30-14-18(27)22-11-12-23-20(28)17-10-7-13-29-17/h4-10,13,15H,3,11-12,14H2,1-2H3,(H,22,27)(H,23,28). The molecule has 2 heterocycles. The number of rotatable bonds is 10. The fraction of sp³-hybridized carbons (Fsp3) is 0.333. The first-order chi connectivity index (χ1) is 14.6. The van der Waals surface area contributed by atoms with Crippen LogP contribution >= 0.6 is 11.8 Å². The summed E-state index contributed by atoms with van der Waals surface area (Å²) in [5, 5.41) is 14.9. The second kappa shape index (κ2) is 10.6. The number of thioether (sulfide) groups is 1. The Balaban J connectivity index is 1.52. The number of aromatic nitrogens is 3. The number of nitrogens with zero attached hydrogens (tertiary/aromatic N) is 3. The predicted molar refractivity (Wildman–Crippen MR) is 115 cm³/mol. The number of hydrogen-bond acceptors (Lipinski definition) is 6. The molecule has 2 N–H and O–H groups in total. The maximum Gasteiger partial charge on any atom is 0.287 e. The number of amides is 2. The van der Waals surface area contributed by atoms with Gasteiger partial charge in [0, 0.05) is 24.7 Å². The van der Waals surface area contributed by atoms with Crippen LogP contribution in [0.3, 0.4) is 0 Å². The van der Waals surface area contributed by atoms with E-state index in [1.54, 1.807) is 12.1 Å². The molecule has 0 saturated carbocycles. The van der Waals surface area contributed by atoms with E-state index in [0.29, 0.717) is 18.2 Å². The summed E-state index contributed by atoms with van der Waals surface area (Å²) in [6.07, 6.45) is 2.36. The molecule has 0 radical (unpaired) electrons. The first-order valence-electron chi connectivity index (χ1n) is 9.81. The summed E-state index contributed by atoms with van der Waals surface area (Å²) >= 11 is 1.35. The Morgan fingerprint density at radius 3 is 2.57 bits per heavy atom. The molecule has 158 valence electrons. The molecule has 3 rings (SSSR count). The Morgan fingerprint density at radius 1 is 1.10 bits per heavy atom. The average Bonchev–Trinajstić information content (AvgIpc) is 3.45. The minimum atomic E-state index is -0.307. The Hall–Kier alpha value is -3.07. The summed E-state index contributed by atoms with van der Waals surface area (Å²) in [4.78, 5) is 24.0. The minimum absolute atomic E-state index is 0.132. The quantitative estimate of drug-likeness (QED) is 0.381. The van der Waals surface area contributed by atoms with Crippen molar-refractivity contribution in [2.45, 2.75) is 31.5 Å². The van der Waals surface area contributed by atoms with E-state index >= 15 is 0 Å². The smallest absolute Gasteiger partial charge is 0.287 e. The lowest BCUT2D eigenvalue weighted by Crippen LogP contribution is -2.35. The topological polar surface area (TPSA) is 102 Å². The largest absolute Gasteiger partial charge is 0.459 e. The molecule has 0 aliphatic carbocycles. The Kier molecular flexibility index (Phi) is 7.67. The lowest BCUT2D eigenvalue weighted by molar-refractivity contribution is -0.118. The highest BCUT2D eigenvalue weighted by Crippen LogP contribution is 2.28. The van der Waals surface area contributed by atoms with Crippen molar-refractivity contribution in [1.29, 1.82) is 0 Å². The fourth-order valence-electron chi connectivity index (χ4n) is 2.79. The number of furan rings is 1. The van der Waals surface area contributed by atoms with Crippen molar-refractivity contribution in [2.24, 2.45) is 0 Å². The summed E-state index contributed by atoms with van der Waals surface area (Å²) in [5.41, 5.74) is 0.994. The van der Waals surface area contributed by atoms with Crippen LogP contribution < -0.4 is 10.6 Å². The zero-order chi connectivity index (χ0) is 21.3. The first kappa shape index (κ1) is 21.6. The molecule has 0 aliphatic rings. The van der Waals surface area contributed by atoms with Crippen LogP contribution in [0.2, 0.25) is 0 Å². The second-order valence-electron chi connectivity index (χ2n) is 6.67. The van der Waals surface area contributed by atoms with Crippen molar-refractivity contribution in [2.75, 3.05) is 18.8 Å². The lowest BCUT2D eigenvalue weighted by Gasteiger charge is -2.16. The molecule has 8 nitrogen and oxygen atoms in total. The Bertz CT molecular complexity index is 956. The SMILES string of the molecule is CCC(C)n1c(SCC(=O)NCCNC(=O)c2ccco2)nnc1-c1ccccc1. The normalized spacial score (nSPS) is 11.8. The van der Waals surface area contributed by atoms with E-state index in [-0.39, 0.29) is 29.4 Å². The zero-order valence-corrected chi connectivity index (χ0v) is 17.8. The van der Waals surface area contributed by atoms with Gasteiger partial charge in [0.15, 0.2) is 16.7 Å². The number of carbonyl (C=O) groups excluding carboxylic acids is 2. The van der Waals surface area contributed by atoms with Crippen LogP contribution in [0.1, 0.15) is 36.9 Å². The highest BCUT2D eigenvalue weighted by molar-refractivity contribution is 7.99. The third kappa shape index (κ3) is 5.50. The van der Waals surface area contributed by atoms with Gasteiger partial charge in [0.2, 0.25) is 5.91 Å². The van der Waals surface area contributed by atoms with Crippen LogP contribution in [0.25, 0.3) is 11.4 Å². The number of benzene rings is 1. The average molecular weight is 428 g/mol. The van der Waals surface area contributed by atoms with Crippen LogP contribution in [0.15, 0.2) is 58.3 Å². The van der Waals surface area contributed by atoms with Crippen LogP contribution in [0, 0.1) is 0 Å². The molecule has 2 amide bonds. The van der Waals surface area contributed by atoms with Crippen molar-refractivity contribution in [3.63, 3.8) is 0 Å². The highest BCUT2D eigenvalue weighted by Gasteiger charge is 2.19. The lowest BCUT2D eigenvalue weighted by atomic mass is 10.2. The van der Waals surface area contributed by atoms with E-state index in [1.165, 1.54) is 18.0 Å². The van der Waals surface area contributed by atoms with E-state index in [1.807, 2.05) is 30.3 Å². The summed E-state index contributed by atoms with van der Waals surface area (Å²) in [6.45, 7) is 4.87. The van der Waals surface area contributed by atoms with Crippen LogP contribution in [-0.4, -0.2) is 45.4 Å². The van der Waals surface area contributed by atoms with Gasteiger partial charge in [0.05, 0.1) is 12.0 Å². The second-order valence-corrected chi connectivity index (χ2v) is 7.61. The van der Waals surface area contributed by atoms with Crippen molar-refractivity contribution in [3.8, 4) is 11.4 Å². The molecule has 9 heteroatoms. The van der Waals surface area contributed by atoms with Gasteiger partial charge in [-0.1, -0.05) is 49.0 Å². The summed E-state index contributed by atoms with van der Waals surface area (Å²) in [7, 11) is 0. The van der Waals surface area contributed by atoms with E-state index in [0.717, 1.165) is 17.8 Å². The van der Waals surface area contributed by atoms with Gasteiger partial charge in [-0.15, -0.1) is 10.2 Å². The zero-order valence-electron chi connectivity index (χ0n) is 17.0. The molecule has 0 spiro atoms. The predicted octanol–water partition coefficient (Wildman–Crippen LogP) is 3.15. The number of nitrogens with one attached hydrogen (secondary N) is 2. The van der Waals surface area contributed by atoms with E-state index in [2.05, 4.69) is 39.2 Å². The molecule has 3 aromatic rings. The third-order valence-corrected chi connectivity index (χ3v) is 5.48. The minimum Gasteiger partial charge on any atom is -0.459 e.